The molecule has 0 aliphatic rings. The van der Waals surface area contributed by atoms with Crippen molar-refractivity contribution in [3.8, 4) is 0 Å². The van der Waals surface area contributed by atoms with Gasteiger partial charge in [0.15, 0.2) is 0 Å². The van der Waals surface area contributed by atoms with E-state index in [4.69, 9.17) is 14.2 Å². The molecule has 1 N–H and O–H groups in total. The van der Waals surface area contributed by atoms with Gasteiger partial charge in [0.05, 0.1) is 25.7 Å². The van der Waals surface area contributed by atoms with Crippen LogP contribution in [-0.4, -0.2) is 74.2 Å². The molecule has 0 aromatic carbocycles. The van der Waals surface area contributed by atoms with Crippen LogP contribution in [0, 0.1) is 5.92 Å². The topological polar surface area (TPSA) is 125 Å². The first-order chi connectivity index (χ1) is 16.9. The lowest BCUT2D eigenvalue weighted by atomic mass is 9.88. The van der Waals surface area contributed by atoms with Crippen LogP contribution >= 0.6 is 0 Å². The van der Waals surface area contributed by atoms with Crippen LogP contribution in [0.2, 0.25) is 0 Å². The van der Waals surface area contributed by atoms with Crippen LogP contribution in [0.15, 0.2) is 0 Å². The first-order valence-electron chi connectivity index (χ1n) is 13.0. The summed E-state index contributed by atoms with van der Waals surface area (Å²) in [7, 11) is 1.59. The second-order valence-corrected chi connectivity index (χ2v) is 9.91. The Bertz CT molecular complexity index is 698. The highest BCUT2D eigenvalue weighted by Crippen LogP contribution is 2.17. The Hall–Kier alpha value is -1.97. The summed E-state index contributed by atoms with van der Waals surface area (Å²) in [5.41, 5.74) is -0.590. The number of ether oxygens (including phenoxy) is 3. The predicted molar refractivity (Wildman–Crippen MR) is 137 cm³/mol. The fourth-order valence-corrected chi connectivity index (χ4v) is 3.57. The summed E-state index contributed by atoms with van der Waals surface area (Å²) in [6.45, 7) is 10.4. The zero-order valence-corrected chi connectivity index (χ0v) is 23.1. The fraction of sp³-hybridized carbons (Fsp3) is 0.815. The number of nitrogens with one attached hydrogen (secondary N) is 1. The van der Waals surface area contributed by atoms with Crippen LogP contribution < -0.4 is 5.32 Å². The van der Waals surface area contributed by atoms with Crippen molar-refractivity contribution >= 4 is 29.1 Å². The molecule has 9 heteroatoms. The quantitative estimate of drug-likeness (QED) is 0.171. The highest BCUT2D eigenvalue weighted by molar-refractivity contribution is 5.92. The normalized spacial score (nSPS) is 13.2. The Balaban J connectivity index is 4.94. The monoisotopic (exact) mass is 513 g/mol. The molecule has 0 aliphatic heterocycles. The molecule has 0 aromatic rings. The molecule has 0 spiro atoms. The van der Waals surface area contributed by atoms with E-state index in [9.17, 15) is 24.0 Å². The average molecular weight is 514 g/mol. The van der Waals surface area contributed by atoms with Crippen molar-refractivity contribution in [3.05, 3.63) is 0 Å². The third-order valence-electron chi connectivity index (χ3n) is 5.53. The van der Waals surface area contributed by atoms with Crippen LogP contribution in [-0.2, 0) is 38.2 Å². The van der Waals surface area contributed by atoms with Gasteiger partial charge in [-0.25, -0.2) is 0 Å². The first kappa shape index (κ1) is 34.0. The van der Waals surface area contributed by atoms with Gasteiger partial charge in [-0.15, -0.1) is 0 Å². The Morgan fingerprint density at radius 3 is 2.06 bits per heavy atom. The first-order valence-corrected chi connectivity index (χ1v) is 13.0. The third kappa shape index (κ3) is 17.5. The molecule has 0 aliphatic carbocycles. The van der Waals surface area contributed by atoms with Crippen molar-refractivity contribution in [2.75, 3.05) is 33.5 Å². The molecular formula is C27H47NO8. The van der Waals surface area contributed by atoms with Gasteiger partial charge in [-0.1, -0.05) is 13.8 Å². The molecule has 2 atom stereocenters. The van der Waals surface area contributed by atoms with Crippen LogP contribution in [0.25, 0.3) is 0 Å². The van der Waals surface area contributed by atoms with E-state index in [1.807, 2.05) is 0 Å². The summed E-state index contributed by atoms with van der Waals surface area (Å²) in [6, 6.07) is -0.604. The minimum atomic E-state index is -0.604. The summed E-state index contributed by atoms with van der Waals surface area (Å²) in [6.07, 6.45) is 1.95. The molecule has 9 nitrogen and oxygen atoms in total. The molecule has 2 unspecified atom stereocenters. The maximum atomic E-state index is 12.8. The largest absolute Gasteiger partial charge is 0.460 e. The predicted octanol–water partition coefficient (Wildman–Crippen LogP) is 3.39. The van der Waals surface area contributed by atoms with E-state index in [1.54, 1.807) is 41.7 Å². The molecule has 0 saturated carbocycles. The summed E-state index contributed by atoms with van der Waals surface area (Å²) in [5, 5.41) is 3.10. The van der Waals surface area contributed by atoms with Crippen molar-refractivity contribution in [3.63, 3.8) is 0 Å². The van der Waals surface area contributed by atoms with Crippen molar-refractivity contribution in [1.82, 2.24) is 5.32 Å². The lowest BCUT2D eigenvalue weighted by Crippen LogP contribution is -2.39. The molecule has 0 saturated heterocycles. The van der Waals surface area contributed by atoms with E-state index >= 15 is 0 Å². The Labute approximate surface area is 216 Å². The highest BCUT2D eigenvalue weighted by Gasteiger charge is 2.25. The van der Waals surface area contributed by atoms with Crippen LogP contribution in [0.4, 0.5) is 0 Å². The minimum absolute atomic E-state index is 0.00454. The van der Waals surface area contributed by atoms with Crippen LogP contribution in [0.5, 0.6) is 0 Å². The maximum absolute atomic E-state index is 12.8. The number of esters is 1. The molecule has 208 valence electrons. The van der Waals surface area contributed by atoms with Gasteiger partial charge in [-0.2, -0.15) is 0 Å². The van der Waals surface area contributed by atoms with Crippen molar-refractivity contribution in [2.45, 2.75) is 104 Å². The molecule has 36 heavy (non-hydrogen) atoms. The van der Waals surface area contributed by atoms with E-state index < -0.39 is 17.6 Å². The van der Waals surface area contributed by atoms with E-state index in [2.05, 4.69) is 5.32 Å². The summed E-state index contributed by atoms with van der Waals surface area (Å²) in [5.74, 6) is -1.33. The molecular weight excluding hydrogens is 466 g/mol. The Kier molecular flexibility index (Phi) is 18.1. The lowest BCUT2D eigenvalue weighted by molar-refractivity contribution is -0.154. The van der Waals surface area contributed by atoms with Gasteiger partial charge in [-0.3, -0.25) is 24.0 Å². The Morgan fingerprint density at radius 1 is 0.806 bits per heavy atom. The van der Waals surface area contributed by atoms with Gasteiger partial charge in [0.25, 0.3) is 0 Å². The van der Waals surface area contributed by atoms with Gasteiger partial charge < -0.3 is 19.5 Å². The van der Waals surface area contributed by atoms with Gasteiger partial charge >= 0.3 is 5.97 Å². The molecule has 0 aromatic heterocycles. The standard InChI is InChI=1S/C27H47NO8/c1-7-21(29)18-20(24(31)8-2)19-22(30)11-12-23(25(32)10-9-15-35-17-16-34-6)28-14-13-26(33)36-27(3,4)5/h20,23,28H,7-19H2,1-6H3. The number of carbonyl (C=O) groups excluding carboxylic acids is 5. The smallest absolute Gasteiger partial charge is 0.307 e. The number of carbonyl (C=O) groups is 5. The van der Waals surface area contributed by atoms with Crippen molar-refractivity contribution in [2.24, 2.45) is 5.92 Å². The van der Waals surface area contributed by atoms with Gasteiger partial charge in [0.2, 0.25) is 0 Å². The minimum Gasteiger partial charge on any atom is -0.460 e. The van der Waals surface area contributed by atoms with Gasteiger partial charge in [0.1, 0.15) is 28.7 Å². The van der Waals surface area contributed by atoms with Gasteiger partial charge in [-0.05, 0) is 33.6 Å². The average Bonchev–Trinajstić information content (AvgIpc) is 2.80. The van der Waals surface area contributed by atoms with E-state index in [-0.39, 0.29) is 80.6 Å². The second-order valence-electron chi connectivity index (χ2n) is 9.91. The number of Topliss-reactive ketones (excluding diaryl/α,β-unsaturated/α-hetero) is 4. The third-order valence-corrected chi connectivity index (χ3v) is 5.53. The lowest BCUT2D eigenvalue weighted by Gasteiger charge is -2.21. The zero-order chi connectivity index (χ0) is 27.6. The van der Waals surface area contributed by atoms with Crippen LogP contribution in [0.1, 0.15) is 92.4 Å². The fourth-order valence-electron chi connectivity index (χ4n) is 3.57. The molecule has 0 bridgehead atoms. The number of ketones is 4. The second kappa shape index (κ2) is 19.2. The SMILES string of the molecule is CCC(=O)CC(CC(=O)CCC(NCCC(=O)OC(C)(C)C)C(=O)CCCOCCOC)C(=O)CC. The molecule has 0 rings (SSSR count). The molecule has 0 heterocycles. The van der Waals surface area contributed by atoms with Gasteiger partial charge in [0, 0.05) is 64.7 Å². The molecule has 0 radical (unpaired) electrons. The Morgan fingerprint density at radius 2 is 1.47 bits per heavy atom. The summed E-state index contributed by atoms with van der Waals surface area (Å²) in [4.78, 5) is 61.6. The number of methoxy groups -OCH3 is 1. The zero-order valence-electron chi connectivity index (χ0n) is 23.1. The van der Waals surface area contributed by atoms with Crippen molar-refractivity contribution < 1.29 is 38.2 Å². The van der Waals surface area contributed by atoms with E-state index in [0.717, 1.165) is 0 Å². The number of rotatable bonds is 22. The summed E-state index contributed by atoms with van der Waals surface area (Å²) >= 11 is 0. The highest BCUT2D eigenvalue weighted by atomic mass is 16.6. The van der Waals surface area contributed by atoms with E-state index in [1.165, 1.54) is 0 Å². The molecule has 0 amide bonds. The number of hydrogen-bond acceptors (Lipinski definition) is 9. The van der Waals surface area contributed by atoms with Crippen molar-refractivity contribution in [1.29, 1.82) is 0 Å². The van der Waals surface area contributed by atoms with Crippen LogP contribution in [0.3, 0.4) is 0 Å². The molecule has 0 fully saturated rings. The van der Waals surface area contributed by atoms with E-state index in [0.29, 0.717) is 32.7 Å². The number of hydrogen-bond donors (Lipinski definition) is 1. The maximum Gasteiger partial charge on any atom is 0.307 e. The summed E-state index contributed by atoms with van der Waals surface area (Å²) < 4.78 is 15.6.